The molecule has 0 spiro atoms. The monoisotopic (exact) mass is 398 g/mol. The average molecular weight is 398 g/mol. The van der Waals surface area contributed by atoms with E-state index in [1.54, 1.807) is 4.52 Å². The summed E-state index contributed by atoms with van der Waals surface area (Å²) in [5, 5.41) is 7.09. The van der Waals surface area contributed by atoms with E-state index in [9.17, 15) is 9.18 Å². The van der Waals surface area contributed by atoms with Gasteiger partial charge in [0.15, 0.2) is 5.65 Å². The lowest BCUT2D eigenvalue weighted by atomic mass is 10.2. The van der Waals surface area contributed by atoms with Gasteiger partial charge >= 0.3 is 0 Å². The molecule has 1 unspecified atom stereocenters. The van der Waals surface area contributed by atoms with Crippen LogP contribution in [-0.4, -0.2) is 51.2 Å². The van der Waals surface area contributed by atoms with Gasteiger partial charge in [-0.05, 0) is 38.3 Å². The first-order valence-corrected chi connectivity index (χ1v) is 9.75. The van der Waals surface area contributed by atoms with Gasteiger partial charge in [-0.15, -0.1) is 0 Å². The Morgan fingerprint density at radius 3 is 3.00 bits per heavy atom. The van der Waals surface area contributed by atoms with Crippen molar-refractivity contribution in [1.29, 1.82) is 0 Å². The molecule has 4 rings (SSSR count). The Bertz CT molecular complexity index is 990. The first-order chi connectivity index (χ1) is 14.1. The van der Waals surface area contributed by atoms with Gasteiger partial charge in [0.25, 0.3) is 5.91 Å². The van der Waals surface area contributed by atoms with E-state index < -0.39 is 5.82 Å². The molecule has 4 heterocycles. The Morgan fingerprint density at radius 2 is 2.24 bits per heavy atom. The second-order valence-electron chi connectivity index (χ2n) is 7.07. The fourth-order valence-corrected chi connectivity index (χ4v) is 3.45. The van der Waals surface area contributed by atoms with Crippen molar-refractivity contribution < 1.29 is 13.9 Å². The number of hydrogen-bond donors (Lipinski definition) is 1. The number of carbonyl (C=O) groups is 1. The van der Waals surface area contributed by atoms with Crippen LogP contribution in [0.5, 0.6) is 5.88 Å². The number of anilines is 1. The highest BCUT2D eigenvalue weighted by Gasteiger charge is 2.23. The van der Waals surface area contributed by atoms with E-state index in [1.807, 2.05) is 12.3 Å². The standard InChI is InChI=1S/C20H23FN6O2/c1-14-4-2-9-26(14)17-7-10-27-19(25-17)16(13-24-27)20(28)22-8-3-11-29-18-6-5-15(21)12-23-18/h5-7,10,12-14H,2-4,8-9,11H2,1H3,(H,22,28). The van der Waals surface area contributed by atoms with Crippen LogP contribution in [0.25, 0.3) is 5.65 Å². The maximum absolute atomic E-state index is 12.8. The first-order valence-electron chi connectivity index (χ1n) is 9.75. The fourth-order valence-electron chi connectivity index (χ4n) is 3.45. The summed E-state index contributed by atoms with van der Waals surface area (Å²) in [6.07, 6.45) is 7.36. The zero-order chi connectivity index (χ0) is 20.2. The van der Waals surface area contributed by atoms with Gasteiger partial charge in [0, 0.05) is 31.4 Å². The van der Waals surface area contributed by atoms with Crippen LogP contribution < -0.4 is 15.0 Å². The predicted molar refractivity (Wildman–Crippen MR) is 106 cm³/mol. The smallest absolute Gasteiger partial charge is 0.256 e. The molecule has 152 valence electrons. The molecule has 0 aliphatic carbocycles. The Labute approximate surface area is 167 Å². The Kier molecular flexibility index (Phi) is 5.55. The number of nitrogens with zero attached hydrogens (tertiary/aromatic N) is 5. The number of ether oxygens (including phenoxy) is 1. The minimum atomic E-state index is -0.408. The molecule has 8 nitrogen and oxygen atoms in total. The molecule has 9 heteroatoms. The lowest BCUT2D eigenvalue weighted by molar-refractivity contribution is 0.0953. The molecule has 3 aromatic heterocycles. The van der Waals surface area contributed by atoms with Crippen LogP contribution in [0.3, 0.4) is 0 Å². The molecule has 29 heavy (non-hydrogen) atoms. The minimum absolute atomic E-state index is 0.223. The summed E-state index contributed by atoms with van der Waals surface area (Å²) in [6.45, 7) is 3.96. The number of aromatic nitrogens is 4. The molecule has 1 amide bonds. The van der Waals surface area contributed by atoms with Gasteiger partial charge < -0.3 is 15.0 Å². The van der Waals surface area contributed by atoms with E-state index >= 15 is 0 Å². The summed E-state index contributed by atoms with van der Waals surface area (Å²) < 4.78 is 19.9. The van der Waals surface area contributed by atoms with Gasteiger partial charge in [0.1, 0.15) is 17.2 Å². The van der Waals surface area contributed by atoms with Gasteiger partial charge in [0.05, 0.1) is 19.0 Å². The zero-order valence-electron chi connectivity index (χ0n) is 16.2. The summed E-state index contributed by atoms with van der Waals surface area (Å²) >= 11 is 0. The molecule has 0 saturated carbocycles. The highest BCUT2D eigenvalue weighted by Crippen LogP contribution is 2.24. The van der Waals surface area contributed by atoms with Crippen molar-refractivity contribution in [2.24, 2.45) is 0 Å². The SMILES string of the molecule is CC1CCCN1c1ccn2ncc(C(=O)NCCCOc3ccc(F)cn3)c2n1. The average Bonchev–Trinajstić information content (AvgIpc) is 3.34. The second kappa shape index (κ2) is 8.42. The molecule has 0 bridgehead atoms. The number of pyridine rings is 1. The molecule has 1 saturated heterocycles. The van der Waals surface area contributed by atoms with Crippen LogP contribution in [-0.2, 0) is 0 Å². The number of rotatable bonds is 7. The first kappa shape index (κ1) is 19.1. The van der Waals surface area contributed by atoms with E-state index in [-0.39, 0.29) is 5.91 Å². The Balaban J connectivity index is 1.34. The highest BCUT2D eigenvalue weighted by molar-refractivity contribution is 5.99. The minimum Gasteiger partial charge on any atom is -0.478 e. The molecule has 1 aliphatic heterocycles. The number of hydrogen-bond acceptors (Lipinski definition) is 6. The van der Waals surface area contributed by atoms with Gasteiger partial charge in [-0.25, -0.2) is 18.9 Å². The topological polar surface area (TPSA) is 84.7 Å². The predicted octanol–water partition coefficient (Wildman–Crippen LogP) is 2.45. The van der Waals surface area contributed by atoms with E-state index in [2.05, 4.69) is 32.2 Å². The maximum Gasteiger partial charge on any atom is 0.256 e. The largest absolute Gasteiger partial charge is 0.478 e. The van der Waals surface area contributed by atoms with Gasteiger partial charge in [-0.3, -0.25) is 4.79 Å². The maximum atomic E-state index is 12.8. The molecule has 0 radical (unpaired) electrons. The third-order valence-corrected chi connectivity index (χ3v) is 5.00. The summed E-state index contributed by atoms with van der Waals surface area (Å²) in [4.78, 5) is 23.3. The summed E-state index contributed by atoms with van der Waals surface area (Å²) in [7, 11) is 0. The third kappa shape index (κ3) is 4.28. The lowest BCUT2D eigenvalue weighted by Crippen LogP contribution is -2.28. The van der Waals surface area contributed by atoms with E-state index in [4.69, 9.17) is 4.74 Å². The molecule has 1 N–H and O–H groups in total. The summed E-state index contributed by atoms with van der Waals surface area (Å²) in [6, 6.07) is 5.14. The fraction of sp³-hybridized carbons (Fsp3) is 0.400. The van der Waals surface area contributed by atoms with E-state index in [0.29, 0.717) is 42.7 Å². The quantitative estimate of drug-likeness (QED) is 0.616. The van der Waals surface area contributed by atoms with E-state index in [1.165, 1.54) is 18.3 Å². The number of nitrogens with one attached hydrogen (secondary N) is 1. The van der Waals surface area contributed by atoms with Crippen LogP contribution in [0, 0.1) is 5.82 Å². The Morgan fingerprint density at radius 1 is 1.34 bits per heavy atom. The lowest BCUT2D eigenvalue weighted by Gasteiger charge is -2.22. The second-order valence-corrected chi connectivity index (χ2v) is 7.07. The zero-order valence-corrected chi connectivity index (χ0v) is 16.2. The molecule has 1 atom stereocenters. The third-order valence-electron chi connectivity index (χ3n) is 5.00. The molecule has 3 aromatic rings. The Hall–Kier alpha value is -3.23. The van der Waals surface area contributed by atoms with Crippen molar-refractivity contribution >= 4 is 17.4 Å². The molecule has 0 aromatic carbocycles. The van der Waals surface area contributed by atoms with Crippen LogP contribution in [0.15, 0.2) is 36.8 Å². The molecular formula is C20H23FN6O2. The van der Waals surface area contributed by atoms with Gasteiger partial charge in [-0.1, -0.05) is 0 Å². The molecule has 1 fully saturated rings. The van der Waals surface area contributed by atoms with Crippen molar-refractivity contribution in [3.05, 3.63) is 48.2 Å². The number of fused-ring (bicyclic) bond motifs is 1. The van der Waals surface area contributed by atoms with Crippen LogP contribution in [0.1, 0.15) is 36.5 Å². The van der Waals surface area contributed by atoms with Crippen molar-refractivity contribution in [3.63, 3.8) is 0 Å². The normalized spacial score (nSPS) is 16.3. The van der Waals surface area contributed by atoms with Crippen LogP contribution >= 0.6 is 0 Å². The van der Waals surface area contributed by atoms with Crippen molar-refractivity contribution in [3.8, 4) is 5.88 Å². The van der Waals surface area contributed by atoms with Crippen molar-refractivity contribution in [2.75, 3.05) is 24.6 Å². The number of carbonyl (C=O) groups excluding carboxylic acids is 1. The molecular weight excluding hydrogens is 375 g/mol. The van der Waals surface area contributed by atoms with Gasteiger partial charge in [-0.2, -0.15) is 5.10 Å². The van der Waals surface area contributed by atoms with Crippen molar-refractivity contribution in [2.45, 2.75) is 32.2 Å². The number of amides is 1. The van der Waals surface area contributed by atoms with E-state index in [0.717, 1.165) is 31.4 Å². The molecule has 1 aliphatic rings. The summed E-state index contributed by atoms with van der Waals surface area (Å²) in [5.74, 6) is 0.596. The van der Waals surface area contributed by atoms with Crippen molar-refractivity contribution in [1.82, 2.24) is 24.9 Å². The van der Waals surface area contributed by atoms with Crippen LogP contribution in [0.2, 0.25) is 0 Å². The van der Waals surface area contributed by atoms with Gasteiger partial charge in [0.2, 0.25) is 5.88 Å². The number of halogens is 1. The summed E-state index contributed by atoms with van der Waals surface area (Å²) in [5.41, 5.74) is 0.991. The van der Waals surface area contributed by atoms with Crippen LogP contribution in [0.4, 0.5) is 10.2 Å². The highest BCUT2D eigenvalue weighted by atomic mass is 19.1.